The van der Waals surface area contributed by atoms with Crippen molar-refractivity contribution in [3.05, 3.63) is 65.0 Å². The lowest BCUT2D eigenvalue weighted by molar-refractivity contribution is 0.0988. The molecular weight excluding hydrogens is 253 g/mol. The zero-order valence-corrected chi connectivity index (χ0v) is 12.0. The lowest BCUT2D eigenvalue weighted by atomic mass is 10.1. The van der Waals surface area contributed by atoms with Crippen molar-refractivity contribution in [3.63, 3.8) is 0 Å². The molecule has 20 heavy (non-hydrogen) atoms. The van der Waals surface area contributed by atoms with Crippen molar-refractivity contribution >= 4 is 11.6 Å². The number of hydrogen-bond acceptors (Lipinski definition) is 1. The predicted molar refractivity (Wildman–Crippen MR) is 79.7 cm³/mol. The van der Waals surface area contributed by atoms with Crippen molar-refractivity contribution in [2.24, 2.45) is 0 Å². The Labute approximate surface area is 118 Å². The Morgan fingerprint density at radius 2 is 1.75 bits per heavy atom. The van der Waals surface area contributed by atoms with Gasteiger partial charge in [0.15, 0.2) is 0 Å². The van der Waals surface area contributed by atoms with Crippen molar-refractivity contribution in [1.82, 2.24) is 0 Å². The molecule has 1 amide bonds. The second-order valence-electron chi connectivity index (χ2n) is 4.85. The van der Waals surface area contributed by atoms with E-state index >= 15 is 0 Å². The lowest BCUT2D eigenvalue weighted by Gasteiger charge is -2.23. The Kier molecular flexibility index (Phi) is 4.18. The monoisotopic (exact) mass is 271 g/mol. The fourth-order valence-corrected chi connectivity index (χ4v) is 2.18. The summed E-state index contributed by atoms with van der Waals surface area (Å²) in [5.41, 5.74) is 3.56. The minimum absolute atomic E-state index is 0.110. The molecular formula is C17H18FNO. The Bertz CT molecular complexity index is 619. The minimum atomic E-state index is -0.337. The topological polar surface area (TPSA) is 20.3 Å². The van der Waals surface area contributed by atoms with Crippen LogP contribution in [-0.2, 0) is 0 Å². The third-order valence-corrected chi connectivity index (χ3v) is 3.31. The van der Waals surface area contributed by atoms with E-state index in [1.54, 1.807) is 4.90 Å². The highest BCUT2D eigenvalue weighted by Gasteiger charge is 2.17. The van der Waals surface area contributed by atoms with Gasteiger partial charge in [0.25, 0.3) is 5.91 Å². The van der Waals surface area contributed by atoms with Gasteiger partial charge < -0.3 is 4.90 Å². The van der Waals surface area contributed by atoms with Crippen molar-refractivity contribution < 1.29 is 9.18 Å². The van der Waals surface area contributed by atoms with Gasteiger partial charge in [0.2, 0.25) is 0 Å². The van der Waals surface area contributed by atoms with Gasteiger partial charge in [0, 0.05) is 17.8 Å². The van der Waals surface area contributed by atoms with Gasteiger partial charge in [0.1, 0.15) is 5.82 Å². The molecule has 3 heteroatoms. The molecule has 104 valence electrons. The molecule has 0 aliphatic heterocycles. The van der Waals surface area contributed by atoms with E-state index in [1.165, 1.54) is 24.3 Å². The Balaban J connectivity index is 2.39. The number of halogens is 1. The van der Waals surface area contributed by atoms with Crippen LogP contribution in [0.5, 0.6) is 0 Å². The summed E-state index contributed by atoms with van der Waals surface area (Å²) in [6.45, 7) is 6.48. The van der Waals surface area contributed by atoms with E-state index in [0.717, 1.165) is 16.8 Å². The smallest absolute Gasteiger partial charge is 0.258 e. The maximum atomic E-state index is 12.9. The van der Waals surface area contributed by atoms with Gasteiger partial charge in [0.05, 0.1) is 0 Å². The average molecular weight is 271 g/mol. The van der Waals surface area contributed by atoms with Gasteiger partial charge in [-0.05, 0) is 62.2 Å². The van der Waals surface area contributed by atoms with E-state index < -0.39 is 0 Å². The number of nitrogens with zero attached hydrogens (tertiary/aromatic N) is 1. The second kappa shape index (κ2) is 5.87. The molecule has 0 atom stereocenters. The normalized spacial score (nSPS) is 10.4. The van der Waals surface area contributed by atoms with E-state index in [0.29, 0.717) is 12.1 Å². The van der Waals surface area contributed by atoms with Crippen molar-refractivity contribution in [3.8, 4) is 0 Å². The van der Waals surface area contributed by atoms with Crippen LogP contribution >= 0.6 is 0 Å². The number of anilines is 1. The van der Waals surface area contributed by atoms with Gasteiger partial charge in [-0.1, -0.05) is 12.1 Å². The molecule has 2 nitrogen and oxygen atoms in total. The van der Waals surface area contributed by atoms with Crippen LogP contribution < -0.4 is 4.90 Å². The van der Waals surface area contributed by atoms with Gasteiger partial charge in [-0.3, -0.25) is 4.79 Å². The largest absolute Gasteiger partial charge is 0.308 e. The summed E-state index contributed by atoms with van der Waals surface area (Å²) in [6.07, 6.45) is 0. The van der Waals surface area contributed by atoms with Crippen LogP contribution in [-0.4, -0.2) is 12.5 Å². The van der Waals surface area contributed by atoms with Crippen molar-refractivity contribution in [1.29, 1.82) is 0 Å². The van der Waals surface area contributed by atoms with E-state index in [-0.39, 0.29) is 11.7 Å². The van der Waals surface area contributed by atoms with Crippen LogP contribution in [0.1, 0.15) is 28.4 Å². The molecule has 2 rings (SSSR count). The molecule has 0 fully saturated rings. The quantitative estimate of drug-likeness (QED) is 0.822. The SMILES string of the molecule is CCN(C(=O)c1ccc(F)cc1)c1cc(C)ccc1C. The molecule has 0 aromatic heterocycles. The molecule has 2 aromatic rings. The molecule has 0 saturated carbocycles. The van der Waals surface area contributed by atoms with Crippen LogP contribution in [0.25, 0.3) is 0 Å². The molecule has 0 N–H and O–H groups in total. The number of carbonyl (C=O) groups excluding carboxylic acids is 1. The first-order chi connectivity index (χ1) is 9.52. The average Bonchev–Trinajstić information content (AvgIpc) is 2.44. The van der Waals surface area contributed by atoms with Gasteiger partial charge >= 0.3 is 0 Å². The second-order valence-corrected chi connectivity index (χ2v) is 4.85. The fraction of sp³-hybridized carbons (Fsp3) is 0.235. The molecule has 2 aromatic carbocycles. The molecule has 0 spiro atoms. The fourth-order valence-electron chi connectivity index (χ4n) is 2.18. The van der Waals surface area contributed by atoms with Crippen LogP contribution in [0.2, 0.25) is 0 Å². The molecule has 0 aliphatic rings. The molecule has 0 bridgehead atoms. The maximum absolute atomic E-state index is 12.9. The van der Waals surface area contributed by atoms with Crippen LogP contribution in [0, 0.1) is 19.7 Å². The number of benzene rings is 2. The number of carbonyl (C=O) groups is 1. The summed E-state index contributed by atoms with van der Waals surface area (Å²) in [7, 11) is 0. The minimum Gasteiger partial charge on any atom is -0.308 e. The summed E-state index contributed by atoms with van der Waals surface area (Å²) in [5.74, 6) is -0.447. The summed E-state index contributed by atoms with van der Waals surface area (Å²) in [4.78, 5) is 14.3. The number of aryl methyl sites for hydroxylation is 2. The van der Waals surface area contributed by atoms with Crippen molar-refractivity contribution in [2.75, 3.05) is 11.4 Å². The number of amides is 1. The van der Waals surface area contributed by atoms with E-state index in [4.69, 9.17) is 0 Å². The zero-order chi connectivity index (χ0) is 14.7. The molecule has 0 aliphatic carbocycles. The first-order valence-electron chi connectivity index (χ1n) is 6.67. The highest BCUT2D eigenvalue weighted by molar-refractivity contribution is 6.06. The summed E-state index contributed by atoms with van der Waals surface area (Å²) < 4.78 is 12.9. The molecule has 0 unspecified atom stereocenters. The highest BCUT2D eigenvalue weighted by atomic mass is 19.1. The Morgan fingerprint density at radius 3 is 2.35 bits per heavy atom. The van der Waals surface area contributed by atoms with E-state index in [9.17, 15) is 9.18 Å². The van der Waals surface area contributed by atoms with Crippen LogP contribution in [0.15, 0.2) is 42.5 Å². The van der Waals surface area contributed by atoms with Gasteiger partial charge in [-0.2, -0.15) is 0 Å². The molecule has 0 heterocycles. The molecule has 0 radical (unpaired) electrons. The number of hydrogen-bond donors (Lipinski definition) is 0. The maximum Gasteiger partial charge on any atom is 0.258 e. The van der Waals surface area contributed by atoms with Gasteiger partial charge in [-0.15, -0.1) is 0 Å². The summed E-state index contributed by atoms with van der Waals surface area (Å²) in [5, 5.41) is 0. The standard InChI is InChI=1S/C17H18FNO/c1-4-19(16-11-12(2)5-6-13(16)3)17(20)14-7-9-15(18)10-8-14/h5-11H,4H2,1-3H3. The van der Waals surface area contributed by atoms with Gasteiger partial charge in [-0.25, -0.2) is 4.39 Å². The molecule has 0 saturated heterocycles. The summed E-state index contributed by atoms with van der Waals surface area (Å²) >= 11 is 0. The first kappa shape index (κ1) is 14.3. The van der Waals surface area contributed by atoms with Crippen molar-refractivity contribution in [2.45, 2.75) is 20.8 Å². The lowest BCUT2D eigenvalue weighted by Crippen LogP contribution is -2.31. The third-order valence-electron chi connectivity index (χ3n) is 3.31. The summed E-state index contributed by atoms with van der Waals surface area (Å²) in [6, 6.07) is 11.7. The first-order valence-corrected chi connectivity index (χ1v) is 6.67. The van der Waals surface area contributed by atoms with E-state index in [1.807, 2.05) is 39.0 Å². The third kappa shape index (κ3) is 2.87. The zero-order valence-electron chi connectivity index (χ0n) is 12.0. The van der Waals surface area contributed by atoms with Crippen LogP contribution in [0.4, 0.5) is 10.1 Å². The van der Waals surface area contributed by atoms with E-state index in [2.05, 4.69) is 0 Å². The highest BCUT2D eigenvalue weighted by Crippen LogP contribution is 2.23. The predicted octanol–water partition coefficient (Wildman–Crippen LogP) is 4.11. The Morgan fingerprint density at radius 1 is 1.10 bits per heavy atom. The van der Waals surface area contributed by atoms with Crippen LogP contribution in [0.3, 0.4) is 0 Å². The number of rotatable bonds is 3. The Hall–Kier alpha value is -2.16.